The molecule has 1 aromatic carbocycles. The van der Waals surface area contributed by atoms with Gasteiger partial charge in [-0.2, -0.15) is 0 Å². The highest BCUT2D eigenvalue weighted by atomic mass is 16.6. The Morgan fingerprint density at radius 3 is 2.38 bits per heavy atom. The molecule has 0 unspecified atom stereocenters. The summed E-state index contributed by atoms with van der Waals surface area (Å²) in [6.45, 7) is 0. The summed E-state index contributed by atoms with van der Waals surface area (Å²) in [6.07, 6.45) is 0. The number of nitro benzene ring substituents is 1. The molecule has 0 saturated carbocycles. The second-order valence-corrected chi connectivity index (χ2v) is 2.23. The van der Waals surface area contributed by atoms with E-state index in [4.69, 9.17) is 0 Å². The summed E-state index contributed by atoms with van der Waals surface area (Å²) in [5.41, 5.74) is -0.656. The van der Waals surface area contributed by atoms with E-state index in [-0.39, 0.29) is 5.75 Å². The Kier molecular flexibility index (Phi) is 2.23. The van der Waals surface area contributed by atoms with E-state index in [0.29, 0.717) is 6.07 Å². The third-order valence-electron chi connectivity index (χ3n) is 1.44. The van der Waals surface area contributed by atoms with Crippen LogP contribution in [-0.4, -0.2) is 12.0 Å². The van der Waals surface area contributed by atoms with Crippen LogP contribution in [0.25, 0.3) is 0 Å². The average molecular weight is 183 g/mol. The van der Waals surface area contributed by atoms with Gasteiger partial charge in [0.1, 0.15) is 5.75 Å². The van der Waals surface area contributed by atoms with E-state index in [1.807, 2.05) is 0 Å². The van der Waals surface area contributed by atoms with E-state index in [1.54, 1.807) is 0 Å². The van der Waals surface area contributed by atoms with Crippen LogP contribution < -0.4 is 14.9 Å². The van der Waals surface area contributed by atoms with Crippen LogP contribution in [0.3, 0.4) is 0 Å². The normalized spacial score (nSPS) is 9.62. The molecule has 1 aromatic rings. The topological polar surface area (TPSA) is 98.5 Å². The first kappa shape index (κ1) is 9.11. The minimum absolute atomic E-state index is 0.202. The van der Waals surface area contributed by atoms with E-state index >= 15 is 0 Å². The monoisotopic (exact) mass is 183 g/mol. The van der Waals surface area contributed by atoms with Gasteiger partial charge in [-0.05, 0) is 5.75 Å². The number of hydrogen-bond donors (Lipinski definition) is 0. The Labute approximate surface area is 73.2 Å². The van der Waals surface area contributed by atoms with Gasteiger partial charge in [-0.15, -0.1) is 0 Å². The molecule has 0 bridgehead atoms. The number of methoxy groups -OCH3 is 1. The summed E-state index contributed by atoms with van der Waals surface area (Å²) in [7, 11) is 1.20. The first-order valence-corrected chi connectivity index (χ1v) is 3.26. The molecule has 0 N–H and O–H groups in total. The molecule has 0 spiro atoms. The van der Waals surface area contributed by atoms with Crippen LogP contribution in [0, 0.1) is 10.1 Å². The summed E-state index contributed by atoms with van der Waals surface area (Å²) in [5.74, 6) is -1.76. The van der Waals surface area contributed by atoms with Gasteiger partial charge in [-0.1, -0.05) is 11.8 Å². The number of nitro groups is 1. The fourth-order valence-corrected chi connectivity index (χ4v) is 0.833. The molecule has 1 rings (SSSR count). The minimum Gasteiger partial charge on any atom is -0.870 e. The van der Waals surface area contributed by atoms with Crippen molar-refractivity contribution in [3.05, 3.63) is 22.2 Å². The summed E-state index contributed by atoms with van der Waals surface area (Å²) in [4.78, 5) is 9.39. The van der Waals surface area contributed by atoms with E-state index in [2.05, 4.69) is 4.74 Å². The quantitative estimate of drug-likeness (QED) is 0.465. The van der Waals surface area contributed by atoms with Gasteiger partial charge in [0, 0.05) is 0 Å². The van der Waals surface area contributed by atoms with Crippen molar-refractivity contribution in [2.24, 2.45) is 0 Å². The number of rotatable bonds is 2. The Morgan fingerprint density at radius 2 is 1.92 bits per heavy atom. The Hall–Kier alpha value is -1.98. The summed E-state index contributed by atoms with van der Waals surface area (Å²) in [6, 6.07) is 1.46. The van der Waals surface area contributed by atoms with Gasteiger partial charge in [0.2, 0.25) is 0 Å². The molecular formula is C7H5NO5-2. The maximum absolute atomic E-state index is 10.9. The van der Waals surface area contributed by atoms with Gasteiger partial charge in [0.05, 0.1) is 18.1 Å². The molecule has 13 heavy (non-hydrogen) atoms. The van der Waals surface area contributed by atoms with Gasteiger partial charge in [-0.3, -0.25) is 10.1 Å². The van der Waals surface area contributed by atoms with Crippen LogP contribution >= 0.6 is 0 Å². The van der Waals surface area contributed by atoms with Gasteiger partial charge in [-0.25, -0.2) is 0 Å². The largest absolute Gasteiger partial charge is 0.870 e. The molecule has 0 aliphatic heterocycles. The van der Waals surface area contributed by atoms with Gasteiger partial charge < -0.3 is 14.9 Å². The molecule has 0 aliphatic rings. The zero-order valence-corrected chi connectivity index (χ0v) is 6.64. The van der Waals surface area contributed by atoms with E-state index in [9.17, 15) is 20.3 Å². The number of benzene rings is 1. The van der Waals surface area contributed by atoms with Crippen LogP contribution in [0.2, 0.25) is 0 Å². The third kappa shape index (κ3) is 1.61. The molecule has 0 saturated heterocycles. The molecule has 0 atom stereocenters. The third-order valence-corrected chi connectivity index (χ3v) is 1.44. The van der Waals surface area contributed by atoms with Crippen LogP contribution in [0.4, 0.5) is 5.69 Å². The lowest BCUT2D eigenvalue weighted by atomic mass is 10.2. The Morgan fingerprint density at radius 1 is 1.31 bits per heavy atom. The van der Waals surface area contributed by atoms with Crippen molar-refractivity contribution >= 4 is 5.69 Å². The fraction of sp³-hybridized carbons (Fsp3) is 0.143. The summed E-state index contributed by atoms with van der Waals surface area (Å²) in [5, 5.41) is 32.0. The Bertz CT molecular complexity index is 349. The molecule has 0 heterocycles. The second kappa shape index (κ2) is 3.18. The van der Waals surface area contributed by atoms with Crippen molar-refractivity contribution in [1.82, 2.24) is 0 Å². The average Bonchev–Trinajstić information content (AvgIpc) is 2.03. The van der Waals surface area contributed by atoms with E-state index in [0.717, 1.165) is 6.07 Å². The second-order valence-electron chi connectivity index (χ2n) is 2.23. The van der Waals surface area contributed by atoms with E-state index < -0.39 is 22.1 Å². The molecule has 0 radical (unpaired) electrons. The highest BCUT2D eigenvalue weighted by Crippen LogP contribution is 2.34. The molecule has 0 fully saturated rings. The number of nitrogens with zero attached hydrogens (tertiary/aromatic N) is 1. The summed E-state index contributed by atoms with van der Waals surface area (Å²) >= 11 is 0. The SMILES string of the molecule is COc1cc([N+](=O)[O-])c([O-])cc1[O-]. The van der Waals surface area contributed by atoms with Crippen LogP contribution in [0.15, 0.2) is 12.1 Å². The maximum atomic E-state index is 10.9. The van der Waals surface area contributed by atoms with Crippen molar-refractivity contribution < 1.29 is 19.9 Å². The molecular weight excluding hydrogens is 178 g/mol. The predicted octanol–water partition coefficient (Wildman–Crippen LogP) is -0.249. The molecule has 6 nitrogen and oxygen atoms in total. The lowest BCUT2D eigenvalue weighted by molar-refractivity contribution is -0.398. The zero-order chi connectivity index (χ0) is 10.0. The fourth-order valence-electron chi connectivity index (χ4n) is 0.833. The lowest BCUT2D eigenvalue weighted by Gasteiger charge is -2.15. The van der Waals surface area contributed by atoms with E-state index in [1.165, 1.54) is 7.11 Å². The van der Waals surface area contributed by atoms with Crippen molar-refractivity contribution in [1.29, 1.82) is 0 Å². The van der Waals surface area contributed by atoms with Crippen LogP contribution in [0.5, 0.6) is 17.2 Å². The van der Waals surface area contributed by atoms with Gasteiger partial charge in [0.25, 0.3) is 5.69 Å². The van der Waals surface area contributed by atoms with Crippen LogP contribution in [-0.2, 0) is 0 Å². The molecule has 6 heteroatoms. The predicted molar refractivity (Wildman–Crippen MR) is 38.5 cm³/mol. The highest BCUT2D eigenvalue weighted by molar-refractivity contribution is 5.55. The summed E-state index contributed by atoms with van der Waals surface area (Å²) < 4.78 is 4.53. The van der Waals surface area contributed by atoms with Gasteiger partial charge in [0.15, 0.2) is 0 Å². The molecule has 0 aromatic heterocycles. The highest BCUT2D eigenvalue weighted by Gasteiger charge is 2.08. The van der Waals surface area contributed by atoms with Crippen molar-refractivity contribution in [3.63, 3.8) is 0 Å². The van der Waals surface area contributed by atoms with Crippen molar-refractivity contribution in [2.75, 3.05) is 7.11 Å². The standard InChI is InChI=1S/C7H7NO5/c1-13-7-2-4(8(11)12)5(9)3-6(7)10/h2-3,9-10H,1H3/p-2. The Balaban J connectivity index is 3.30. The number of hydrogen-bond acceptors (Lipinski definition) is 5. The van der Waals surface area contributed by atoms with Crippen molar-refractivity contribution in [2.45, 2.75) is 0 Å². The van der Waals surface area contributed by atoms with Gasteiger partial charge >= 0.3 is 0 Å². The van der Waals surface area contributed by atoms with Crippen LogP contribution in [0.1, 0.15) is 0 Å². The first-order valence-electron chi connectivity index (χ1n) is 3.26. The maximum Gasteiger partial charge on any atom is 0.265 e. The molecule has 0 amide bonds. The molecule has 0 aliphatic carbocycles. The minimum atomic E-state index is -0.907. The molecule has 70 valence electrons. The zero-order valence-electron chi connectivity index (χ0n) is 6.64. The number of ether oxygens (including phenoxy) is 1. The van der Waals surface area contributed by atoms with Crippen molar-refractivity contribution in [3.8, 4) is 17.2 Å². The lowest BCUT2D eigenvalue weighted by Crippen LogP contribution is -2.02. The smallest absolute Gasteiger partial charge is 0.265 e. The first-order chi connectivity index (χ1) is 6.06.